The third-order valence-electron chi connectivity index (χ3n) is 3.53. The maximum Gasteiger partial charge on any atom is 0.259 e. The molecule has 4 nitrogen and oxygen atoms in total. The summed E-state index contributed by atoms with van der Waals surface area (Å²) in [4.78, 5) is 14.4. The molecule has 1 heterocycles. The molecule has 1 saturated heterocycles. The van der Waals surface area contributed by atoms with Crippen LogP contribution in [0.25, 0.3) is 0 Å². The Kier molecular flexibility index (Phi) is 4.66. The highest BCUT2D eigenvalue weighted by Crippen LogP contribution is 2.28. The molecule has 1 fully saturated rings. The van der Waals surface area contributed by atoms with Crippen LogP contribution in [0.15, 0.2) is 18.2 Å². The van der Waals surface area contributed by atoms with E-state index in [9.17, 15) is 4.79 Å². The Bertz CT molecular complexity index is 465. The molecule has 5 heteroatoms. The van der Waals surface area contributed by atoms with Crippen molar-refractivity contribution in [3.63, 3.8) is 0 Å². The lowest BCUT2D eigenvalue weighted by atomic mass is 10.0. The number of rotatable bonds is 3. The van der Waals surface area contributed by atoms with Gasteiger partial charge in [0.05, 0.1) is 12.1 Å². The van der Waals surface area contributed by atoms with Crippen LogP contribution in [0.4, 0.5) is 0 Å². The molecule has 0 radical (unpaired) electrons. The molecule has 1 aliphatic heterocycles. The molecule has 104 valence electrons. The largest absolute Gasteiger partial charge is 0.496 e. The van der Waals surface area contributed by atoms with Crippen LogP contribution >= 0.6 is 11.6 Å². The quantitative estimate of drug-likeness (QED) is 0.924. The molecule has 0 saturated carbocycles. The zero-order valence-corrected chi connectivity index (χ0v) is 12.0. The van der Waals surface area contributed by atoms with E-state index in [4.69, 9.17) is 16.3 Å². The zero-order valence-electron chi connectivity index (χ0n) is 11.3. The minimum Gasteiger partial charge on any atom is -0.496 e. The van der Waals surface area contributed by atoms with Crippen LogP contribution < -0.4 is 10.1 Å². The number of likely N-dealkylation sites (N-methyl/N-ethyl adjacent to an activating group) is 1. The first kappa shape index (κ1) is 14.2. The van der Waals surface area contributed by atoms with Crippen molar-refractivity contribution in [1.82, 2.24) is 10.2 Å². The van der Waals surface area contributed by atoms with E-state index < -0.39 is 0 Å². The number of carbonyl (C=O) groups excluding carboxylic acids is 1. The summed E-state index contributed by atoms with van der Waals surface area (Å²) in [5.41, 5.74) is 0.461. The van der Waals surface area contributed by atoms with Gasteiger partial charge in [0.15, 0.2) is 0 Å². The molecule has 1 aromatic rings. The molecule has 1 atom stereocenters. The Hall–Kier alpha value is -1.26. The number of nitrogens with zero attached hydrogens (tertiary/aromatic N) is 1. The van der Waals surface area contributed by atoms with Crippen molar-refractivity contribution in [3.05, 3.63) is 28.8 Å². The van der Waals surface area contributed by atoms with Gasteiger partial charge in [-0.2, -0.15) is 0 Å². The van der Waals surface area contributed by atoms with Gasteiger partial charge < -0.3 is 15.0 Å². The van der Waals surface area contributed by atoms with Crippen molar-refractivity contribution in [2.45, 2.75) is 18.9 Å². The third kappa shape index (κ3) is 3.01. The molecular formula is C14H19ClN2O2. The number of hydrogen-bond donors (Lipinski definition) is 1. The summed E-state index contributed by atoms with van der Waals surface area (Å²) in [5.74, 6) is 0.478. The molecule has 19 heavy (non-hydrogen) atoms. The SMILES string of the molecule is CNC1CCCN(C(=O)c2c(Cl)cccc2OC)C1. The second-order valence-electron chi connectivity index (χ2n) is 4.70. The van der Waals surface area contributed by atoms with Crippen LogP contribution in [-0.4, -0.2) is 44.1 Å². The number of amides is 1. The number of carbonyl (C=O) groups is 1. The van der Waals surface area contributed by atoms with Gasteiger partial charge in [-0.25, -0.2) is 0 Å². The first-order valence-electron chi connectivity index (χ1n) is 6.46. The Labute approximate surface area is 118 Å². The molecule has 0 aliphatic carbocycles. The predicted molar refractivity (Wildman–Crippen MR) is 76.0 cm³/mol. The second kappa shape index (κ2) is 6.26. The van der Waals surface area contributed by atoms with E-state index in [0.29, 0.717) is 28.9 Å². The van der Waals surface area contributed by atoms with Crippen LogP contribution in [0.2, 0.25) is 5.02 Å². The number of benzene rings is 1. The van der Waals surface area contributed by atoms with Crippen LogP contribution in [0.5, 0.6) is 5.75 Å². The van der Waals surface area contributed by atoms with E-state index in [1.807, 2.05) is 11.9 Å². The van der Waals surface area contributed by atoms with E-state index >= 15 is 0 Å². The third-order valence-corrected chi connectivity index (χ3v) is 3.84. The van der Waals surface area contributed by atoms with Gasteiger partial charge in [0.2, 0.25) is 0 Å². The smallest absolute Gasteiger partial charge is 0.259 e. The molecule has 0 bridgehead atoms. The van der Waals surface area contributed by atoms with Crippen LogP contribution in [0.1, 0.15) is 23.2 Å². The Morgan fingerprint density at radius 3 is 3.00 bits per heavy atom. The molecule has 1 N–H and O–H groups in total. The minimum atomic E-state index is -0.0533. The number of halogens is 1. The highest BCUT2D eigenvalue weighted by molar-refractivity contribution is 6.34. The number of nitrogens with one attached hydrogen (secondary N) is 1. The fraction of sp³-hybridized carbons (Fsp3) is 0.500. The summed E-state index contributed by atoms with van der Waals surface area (Å²) in [7, 11) is 3.48. The van der Waals surface area contributed by atoms with E-state index in [0.717, 1.165) is 19.4 Å². The van der Waals surface area contributed by atoms with E-state index in [1.54, 1.807) is 25.3 Å². The van der Waals surface area contributed by atoms with Crippen molar-refractivity contribution in [1.29, 1.82) is 0 Å². The van der Waals surface area contributed by atoms with E-state index in [1.165, 1.54) is 0 Å². The summed E-state index contributed by atoms with van der Waals surface area (Å²) >= 11 is 6.15. The Morgan fingerprint density at radius 2 is 2.32 bits per heavy atom. The minimum absolute atomic E-state index is 0.0533. The summed E-state index contributed by atoms with van der Waals surface area (Å²) in [6, 6.07) is 5.62. The molecule has 0 spiro atoms. The van der Waals surface area contributed by atoms with E-state index in [-0.39, 0.29) is 5.91 Å². The number of likely N-dealkylation sites (tertiary alicyclic amines) is 1. The van der Waals surface area contributed by atoms with Crippen LogP contribution in [-0.2, 0) is 0 Å². The Balaban J connectivity index is 2.24. The van der Waals surface area contributed by atoms with Crippen LogP contribution in [0.3, 0.4) is 0 Å². The van der Waals surface area contributed by atoms with Crippen molar-refractivity contribution >= 4 is 17.5 Å². The lowest BCUT2D eigenvalue weighted by Gasteiger charge is -2.33. The zero-order chi connectivity index (χ0) is 13.8. The monoisotopic (exact) mass is 282 g/mol. The molecular weight excluding hydrogens is 264 g/mol. The molecule has 1 amide bonds. The fourth-order valence-electron chi connectivity index (χ4n) is 2.44. The number of methoxy groups -OCH3 is 1. The lowest BCUT2D eigenvalue weighted by molar-refractivity contribution is 0.0695. The van der Waals surface area contributed by atoms with Gasteiger partial charge in [-0.05, 0) is 32.0 Å². The summed E-state index contributed by atoms with van der Waals surface area (Å²) in [6.07, 6.45) is 2.10. The lowest BCUT2D eigenvalue weighted by Crippen LogP contribution is -2.47. The van der Waals surface area contributed by atoms with Gasteiger partial charge in [0.1, 0.15) is 11.3 Å². The molecule has 1 aromatic carbocycles. The highest BCUT2D eigenvalue weighted by atomic mass is 35.5. The molecule has 0 aromatic heterocycles. The van der Waals surface area contributed by atoms with Gasteiger partial charge >= 0.3 is 0 Å². The van der Waals surface area contributed by atoms with Crippen molar-refractivity contribution in [3.8, 4) is 5.75 Å². The standard InChI is InChI=1S/C14H19ClN2O2/c1-16-10-5-4-8-17(9-10)14(18)13-11(15)6-3-7-12(13)19-2/h3,6-7,10,16H,4-5,8-9H2,1-2H3. The van der Waals surface area contributed by atoms with Gasteiger partial charge in [0, 0.05) is 19.1 Å². The van der Waals surface area contributed by atoms with Gasteiger partial charge in [0.25, 0.3) is 5.91 Å². The van der Waals surface area contributed by atoms with Gasteiger partial charge in [-0.1, -0.05) is 17.7 Å². The summed E-state index contributed by atoms with van der Waals surface area (Å²) < 4.78 is 5.24. The average molecular weight is 283 g/mol. The maximum absolute atomic E-state index is 12.6. The first-order valence-corrected chi connectivity index (χ1v) is 6.84. The van der Waals surface area contributed by atoms with Gasteiger partial charge in [-0.15, -0.1) is 0 Å². The van der Waals surface area contributed by atoms with Gasteiger partial charge in [-0.3, -0.25) is 4.79 Å². The molecule has 2 rings (SSSR count). The molecule has 1 unspecified atom stereocenters. The summed E-state index contributed by atoms with van der Waals surface area (Å²) in [6.45, 7) is 1.48. The van der Waals surface area contributed by atoms with Crippen molar-refractivity contribution < 1.29 is 9.53 Å². The average Bonchev–Trinajstić information content (AvgIpc) is 2.46. The molecule has 1 aliphatic rings. The first-order chi connectivity index (χ1) is 9.17. The van der Waals surface area contributed by atoms with Crippen molar-refractivity contribution in [2.75, 3.05) is 27.2 Å². The second-order valence-corrected chi connectivity index (χ2v) is 5.10. The fourth-order valence-corrected chi connectivity index (χ4v) is 2.68. The maximum atomic E-state index is 12.6. The highest BCUT2D eigenvalue weighted by Gasteiger charge is 2.26. The van der Waals surface area contributed by atoms with Crippen molar-refractivity contribution in [2.24, 2.45) is 0 Å². The Morgan fingerprint density at radius 1 is 1.53 bits per heavy atom. The summed E-state index contributed by atoms with van der Waals surface area (Å²) in [5, 5.41) is 3.67. The predicted octanol–water partition coefficient (Wildman–Crippen LogP) is 2.17. The number of hydrogen-bond acceptors (Lipinski definition) is 3. The topological polar surface area (TPSA) is 41.6 Å². The number of piperidine rings is 1. The number of ether oxygens (including phenoxy) is 1. The van der Waals surface area contributed by atoms with Crippen LogP contribution in [0, 0.1) is 0 Å². The van der Waals surface area contributed by atoms with E-state index in [2.05, 4.69) is 5.32 Å². The normalized spacial score (nSPS) is 19.3.